The van der Waals surface area contributed by atoms with E-state index < -0.39 is 0 Å². The van der Waals surface area contributed by atoms with Crippen LogP contribution in [0.2, 0.25) is 0 Å². The van der Waals surface area contributed by atoms with Crippen LogP contribution in [0, 0.1) is 0 Å². The largest absolute Gasteiger partial charge is 1.00 e. The van der Waals surface area contributed by atoms with Crippen molar-refractivity contribution in [2.24, 2.45) is 0 Å². The Morgan fingerprint density at radius 2 is 1.18 bits per heavy atom. The lowest BCUT2D eigenvalue weighted by molar-refractivity contribution is -0.142. The van der Waals surface area contributed by atoms with Gasteiger partial charge in [0.15, 0.2) is 0 Å². The predicted octanol–water partition coefficient (Wildman–Crippen LogP) is 3.97. The first kappa shape index (κ1) is 31.6. The zero-order valence-electron chi connectivity index (χ0n) is 23.0. The van der Waals surface area contributed by atoms with Crippen LogP contribution in [0.1, 0.15) is 49.7 Å². The van der Waals surface area contributed by atoms with Crippen molar-refractivity contribution in [1.29, 1.82) is 0 Å². The van der Waals surface area contributed by atoms with Crippen molar-refractivity contribution in [3.63, 3.8) is 0 Å². The van der Waals surface area contributed by atoms with Gasteiger partial charge in [-0.05, 0) is 60.4 Å². The van der Waals surface area contributed by atoms with E-state index in [-0.39, 0.29) is 29.9 Å². The van der Waals surface area contributed by atoms with E-state index in [1.165, 1.54) is 12.1 Å². The summed E-state index contributed by atoms with van der Waals surface area (Å²) in [5, 5.41) is 0. The van der Waals surface area contributed by atoms with E-state index in [0.717, 1.165) is 65.8 Å². The van der Waals surface area contributed by atoms with E-state index in [4.69, 9.17) is 14.2 Å². The van der Waals surface area contributed by atoms with Crippen LogP contribution in [0.15, 0.2) is 78.9 Å². The molecule has 5 nitrogen and oxygen atoms in total. The van der Waals surface area contributed by atoms with Gasteiger partial charge in [0, 0.05) is 0 Å². The fourth-order valence-corrected chi connectivity index (χ4v) is 3.94. The smallest absolute Gasteiger partial charge is 0.310 e. The first-order chi connectivity index (χ1) is 17.9. The van der Waals surface area contributed by atoms with Crippen LogP contribution >= 0.6 is 0 Å². The van der Waals surface area contributed by atoms with Gasteiger partial charge in [0.05, 0.1) is 40.8 Å². The Morgan fingerprint density at radius 1 is 0.632 bits per heavy atom. The summed E-state index contributed by atoms with van der Waals surface area (Å²) in [7, 11) is 6.38. The van der Waals surface area contributed by atoms with Crippen LogP contribution < -0.4 is 37.9 Å². The molecule has 0 saturated carbocycles. The summed E-state index contributed by atoms with van der Waals surface area (Å²) in [6, 6.07) is 26.2. The molecule has 0 amide bonds. The highest BCUT2D eigenvalue weighted by Gasteiger charge is 2.12. The van der Waals surface area contributed by atoms with Crippen molar-refractivity contribution in [3.8, 4) is 11.5 Å². The van der Waals surface area contributed by atoms with E-state index in [1.54, 1.807) is 0 Å². The summed E-state index contributed by atoms with van der Waals surface area (Å²) in [4.78, 5) is 12.1. The number of quaternary nitrogens is 1. The molecule has 0 aromatic heterocycles. The summed E-state index contributed by atoms with van der Waals surface area (Å²) < 4.78 is 17.8. The fraction of sp³-hybridized carbons (Fsp3) is 0.406. The second-order valence-corrected chi connectivity index (χ2v) is 10.3. The van der Waals surface area contributed by atoms with Gasteiger partial charge in [-0.25, -0.2) is 0 Å². The zero-order chi connectivity index (χ0) is 26.3. The van der Waals surface area contributed by atoms with Crippen molar-refractivity contribution in [1.82, 2.24) is 4.48 Å². The van der Waals surface area contributed by atoms with Crippen LogP contribution in [0.3, 0.4) is 0 Å². The molecular weight excluding hydrogens is 589 g/mol. The number of rotatable bonds is 16. The number of nitrogens with zero attached hydrogens (tertiary/aromatic N) is 1. The third kappa shape index (κ3) is 12.3. The number of esters is 1. The molecular formula is C32H42INO4. The number of carbonyl (C=O) groups is 1. The maximum Gasteiger partial charge on any atom is 0.310 e. The molecule has 0 bridgehead atoms. The number of benzene rings is 3. The average molecular weight is 632 g/mol. The van der Waals surface area contributed by atoms with E-state index in [9.17, 15) is 4.79 Å². The number of halogens is 1. The highest BCUT2D eigenvalue weighted by Crippen LogP contribution is 2.20. The first-order valence-electron chi connectivity index (χ1n) is 13.4. The maximum atomic E-state index is 12.1. The number of ether oxygens (including phenoxy) is 3. The molecule has 0 unspecified atom stereocenters. The third-order valence-electron chi connectivity index (χ3n) is 6.20. The topological polar surface area (TPSA) is 44.8 Å². The molecule has 0 heterocycles. The van der Waals surface area contributed by atoms with E-state index in [2.05, 4.69) is 45.4 Å². The van der Waals surface area contributed by atoms with Crippen LogP contribution in [-0.4, -0.2) is 40.3 Å². The molecule has 0 radical (unpaired) electrons. The Kier molecular flexibility index (Phi) is 14.2. The lowest BCUT2D eigenvalue weighted by Gasteiger charge is -2.23. The van der Waals surface area contributed by atoms with Crippen molar-refractivity contribution in [2.75, 3.05) is 34.4 Å². The minimum atomic E-state index is -0.147. The highest BCUT2D eigenvalue weighted by atomic mass is 127. The van der Waals surface area contributed by atoms with E-state index in [1.807, 2.05) is 54.6 Å². The monoisotopic (exact) mass is 631 g/mol. The summed E-state index contributed by atoms with van der Waals surface area (Å²) in [6.07, 6.45) is 6.83. The van der Waals surface area contributed by atoms with Crippen molar-refractivity contribution in [3.05, 3.63) is 90.0 Å². The minimum Gasteiger partial charge on any atom is -1.00 e. The Morgan fingerprint density at radius 3 is 1.79 bits per heavy atom. The zero-order valence-corrected chi connectivity index (χ0v) is 25.2. The standard InChI is InChI=1S/C32H42NO4.HI/c1-33(2,3)29-17-15-27(16-18-29)25-32(34)36-24-12-7-5-4-6-11-23-35-30-19-21-31(22-20-30)37-26-28-13-9-8-10-14-28;/h8-10,13-22H,4-7,11-12,23-26H2,1-3H3;1H/q+1;/p-1. The van der Waals surface area contributed by atoms with Gasteiger partial charge in [-0.2, -0.15) is 0 Å². The summed E-state index contributed by atoms with van der Waals surface area (Å²) >= 11 is 0. The van der Waals surface area contributed by atoms with Gasteiger partial charge in [0.25, 0.3) is 0 Å². The lowest BCUT2D eigenvalue weighted by atomic mass is 10.1. The van der Waals surface area contributed by atoms with E-state index >= 15 is 0 Å². The summed E-state index contributed by atoms with van der Waals surface area (Å²) in [6.45, 7) is 1.79. The SMILES string of the molecule is C[N+](C)(C)c1ccc(CC(=O)OCCCCCCCCOc2ccc(OCc3ccccc3)cc2)cc1.[I-]. The molecule has 0 N–H and O–H groups in total. The third-order valence-corrected chi connectivity index (χ3v) is 6.20. The van der Waals surface area contributed by atoms with Crippen LogP contribution in [0.5, 0.6) is 11.5 Å². The Balaban J connectivity index is 0.00000507. The predicted molar refractivity (Wildman–Crippen MR) is 151 cm³/mol. The van der Waals surface area contributed by atoms with Gasteiger partial charge in [-0.1, -0.05) is 68.1 Å². The van der Waals surface area contributed by atoms with Gasteiger partial charge < -0.3 is 38.2 Å². The molecule has 3 rings (SSSR count). The Hall–Kier alpha value is -2.58. The van der Waals surface area contributed by atoms with E-state index in [0.29, 0.717) is 19.6 Å². The quantitative estimate of drug-likeness (QED) is 0.104. The molecule has 3 aromatic rings. The van der Waals surface area contributed by atoms with Gasteiger partial charge >= 0.3 is 5.97 Å². The molecule has 0 aliphatic rings. The Bertz CT molecular complexity index is 1050. The van der Waals surface area contributed by atoms with Crippen molar-refractivity contribution >= 4 is 11.7 Å². The highest BCUT2D eigenvalue weighted by molar-refractivity contribution is 5.72. The first-order valence-corrected chi connectivity index (χ1v) is 13.4. The van der Waals surface area contributed by atoms with Crippen LogP contribution in [-0.2, 0) is 22.6 Å². The van der Waals surface area contributed by atoms with Gasteiger partial charge in [0.2, 0.25) is 0 Å². The van der Waals surface area contributed by atoms with Crippen molar-refractivity contribution < 1.29 is 43.0 Å². The fourth-order valence-electron chi connectivity index (χ4n) is 3.94. The number of hydrogen-bond acceptors (Lipinski definition) is 4. The molecule has 0 atom stereocenters. The maximum absolute atomic E-state index is 12.1. The Labute approximate surface area is 245 Å². The molecule has 0 fully saturated rings. The molecule has 0 spiro atoms. The number of unbranched alkanes of at least 4 members (excludes halogenated alkanes) is 5. The second kappa shape index (κ2) is 17.1. The molecule has 206 valence electrons. The molecule has 0 aliphatic heterocycles. The minimum absolute atomic E-state index is 0. The van der Waals surface area contributed by atoms with Crippen LogP contribution in [0.25, 0.3) is 0 Å². The number of carbonyl (C=O) groups excluding carboxylic acids is 1. The molecule has 0 saturated heterocycles. The van der Waals surface area contributed by atoms with Crippen molar-refractivity contribution in [2.45, 2.75) is 51.6 Å². The van der Waals surface area contributed by atoms with Gasteiger partial charge in [-0.15, -0.1) is 0 Å². The normalized spacial score (nSPS) is 10.9. The average Bonchev–Trinajstić information content (AvgIpc) is 2.89. The molecule has 6 heteroatoms. The van der Waals surface area contributed by atoms with Gasteiger partial charge in [-0.3, -0.25) is 9.28 Å². The molecule has 0 aliphatic carbocycles. The van der Waals surface area contributed by atoms with Gasteiger partial charge in [0.1, 0.15) is 23.8 Å². The lowest BCUT2D eigenvalue weighted by Crippen LogP contribution is -3.00. The van der Waals surface area contributed by atoms with Crippen LogP contribution in [0.4, 0.5) is 5.69 Å². The summed E-state index contributed by atoms with van der Waals surface area (Å²) in [5.74, 6) is 1.57. The summed E-state index contributed by atoms with van der Waals surface area (Å²) in [5.41, 5.74) is 3.36. The second-order valence-electron chi connectivity index (χ2n) is 10.3. The molecule has 3 aromatic carbocycles. The number of hydrogen-bond donors (Lipinski definition) is 0. The molecule has 38 heavy (non-hydrogen) atoms.